The molecule has 8 nitrogen and oxygen atoms in total. The van der Waals surface area contributed by atoms with Gasteiger partial charge in [0.2, 0.25) is 5.36 Å². The van der Waals surface area contributed by atoms with Gasteiger partial charge < -0.3 is 14.8 Å². The third kappa shape index (κ3) is 6.43. The number of nitrogens with zero attached hydrogens (tertiary/aromatic N) is 3. The third-order valence-electron chi connectivity index (χ3n) is 12.4. The fourth-order valence-electron chi connectivity index (χ4n) is 9.25. The van der Waals surface area contributed by atoms with Crippen molar-refractivity contribution in [2.75, 3.05) is 18.5 Å². The molecule has 0 unspecified atom stereocenters. The van der Waals surface area contributed by atoms with Gasteiger partial charge >= 0.3 is 11.9 Å². The molecule has 1 amide bonds. The molecule has 55 heavy (non-hydrogen) atoms. The van der Waals surface area contributed by atoms with Gasteiger partial charge in [0, 0.05) is 61.5 Å². The number of unbranched alkanes of at least 4 members (excludes halogenated alkanes) is 2. The number of carboxylic acid groups (broad SMARTS) is 1. The molecule has 0 aromatic heterocycles. The summed E-state index contributed by atoms with van der Waals surface area (Å²) < 4.78 is 2.35. The lowest BCUT2D eigenvalue weighted by atomic mass is 9.67. The Hall–Kier alpha value is -5.24. The van der Waals surface area contributed by atoms with Crippen molar-refractivity contribution >= 4 is 40.3 Å². The van der Waals surface area contributed by atoms with Gasteiger partial charge in [0.25, 0.3) is 5.91 Å². The van der Waals surface area contributed by atoms with Gasteiger partial charge in [0.1, 0.15) is 7.05 Å². The van der Waals surface area contributed by atoms with E-state index < -0.39 is 17.4 Å². The Morgan fingerprint density at radius 1 is 0.855 bits per heavy atom. The summed E-state index contributed by atoms with van der Waals surface area (Å²) in [4.78, 5) is 45.2. The van der Waals surface area contributed by atoms with Crippen LogP contribution in [0, 0.1) is 0 Å². The zero-order chi connectivity index (χ0) is 39.8. The van der Waals surface area contributed by atoms with E-state index in [1.54, 1.807) is 12.1 Å². The first-order chi connectivity index (χ1) is 25.8. The molecule has 1 saturated heterocycles. The molecule has 4 aliphatic rings. The summed E-state index contributed by atoms with van der Waals surface area (Å²) in [6, 6.07) is 16.7. The van der Waals surface area contributed by atoms with E-state index in [9.17, 15) is 19.5 Å². The minimum Gasteiger partial charge on any atom is -0.478 e. The highest BCUT2D eigenvalue weighted by molar-refractivity contribution is 5.99. The van der Waals surface area contributed by atoms with Crippen molar-refractivity contribution in [1.82, 2.24) is 9.64 Å². The number of carboxylic acids is 1. The molecule has 0 saturated carbocycles. The molecule has 0 bridgehead atoms. The average Bonchev–Trinajstić information content (AvgIpc) is 3.43. The molecule has 0 radical (unpaired) electrons. The summed E-state index contributed by atoms with van der Waals surface area (Å²) in [6.07, 6.45) is 8.07. The number of likely N-dealkylation sites (N-methyl/N-ethyl adjacent to an activating group) is 1. The molecule has 0 spiro atoms. The van der Waals surface area contributed by atoms with Gasteiger partial charge in [0.15, 0.2) is 5.54 Å². The SMILES string of the molecule is C=C1CCC(=O)N1OC(=O)CCCCCN1c2cc3c(cc2C(C)=CC1(C)C)C(c1ccccc1C(=O)O)=c1cc2c(cc1C3(C)C)=[N+](C)C(C)(C)C=C2C. The summed E-state index contributed by atoms with van der Waals surface area (Å²) in [5.74, 6) is -1.58. The largest absolute Gasteiger partial charge is 0.478 e. The average molecular weight is 741 g/mol. The van der Waals surface area contributed by atoms with Crippen LogP contribution in [-0.2, 0) is 19.8 Å². The number of hydroxylamine groups is 2. The Morgan fingerprint density at radius 3 is 2.25 bits per heavy atom. The zero-order valence-corrected chi connectivity index (χ0v) is 33.9. The number of allylic oxidation sites excluding steroid dienone is 3. The minimum absolute atomic E-state index is 0.165. The number of carbonyl (C=O) groups is 3. The molecule has 0 atom stereocenters. The van der Waals surface area contributed by atoms with Crippen LogP contribution in [0.15, 0.2) is 73.0 Å². The highest BCUT2D eigenvalue weighted by atomic mass is 16.7. The van der Waals surface area contributed by atoms with Crippen molar-refractivity contribution in [1.29, 1.82) is 0 Å². The maximum atomic E-state index is 12.8. The Bertz CT molecular complexity index is 2380. The number of fused-ring (bicyclic) bond motifs is 4. The Morgan fingerprint density at radius 2 is 1.56 bits per heavy atom. The van der Waals surface area contributed by atoms with Gasteiger partial charge in [-0.3, -0.25) is 4.79 Å². The normalized spacial score (nSPS) is 18.9. The van der Waals surface area contributed by atoms with Crippen molar-refractivity contribution in [3.63, 3.8) is 0 Å². The second-order valence-corrected chi connectivity index (χ2v) is 17.4. The van der Waals surface area contributed by atoms with E-state index in [0.717, 1.165) is 63.2 Å². The van der Waals surface area contributed by atoms with E-state index >= 15 is 0 Å². The van der Waals surface area contributed by atoms with Gasteiger partial charge in [-0.25, -0.2) is 14.2 Å². The van der Waals surface area contributed by atoms with E-state index in [1.165, 1.54) is 22.1 Å². The Kier molecular flexibility index (Phi) is 9.34. The number of anilines is 1. The number of rotatable bonds is 9. The van der Waals surface area contributed by atoms with Gasteiger partial charge in [0.05, 0.1) is 16.8 Å². The first-order valence-electron chi connectivity index (χ1n) is 19.5. The summed E-state index contributed by atoms with van der Waals surface area (Å²) >= 11 is 0. The molecule has 3 heterocycles. The van der Waals surface area contributed by atoms with Crippen LogP contribution in [0.4, 0.5) is 5.69 Å². The number of amides is 1. The first kappa shape index (κ1) is 38.1. The second-order valence-electron chi connectivity index (χ2n) is 17.4. The summed E-state index contributed by atoms with van der Waals surface area (Å²) in [6.45, 7) is 22.5. The van der Waals surface area contributed by atoms with Crippen molar-refractivity contribution in [3.8, 4) is 0 Å². The van der Waals surface area contributed by atoms with E-state index in [2.05, 4.69) is 115 Å². The molecule has 286 valence electrons. The van der Waals surface area contributed by atoms with Crippen molar-refractivity contribution in [2.45, 2.75) is 110 Å². The maximum absolute atomic E-state index is 12.8. The maximum Gasteiger partial charge on any atom is 0.336 e. The van der Waals surface area contributed by atoms with Crippen LogP contribution < -0.4 is 20.1 Å². The van der Waals surface area contributed by atoms with Gasteiger partial charge in [-0.2, -0.15) is 0 Å². The fraction of sp³-hybridized carbons (Fsp3) is 0.404. The molecule has 3 aromatic rings. The lowest BCUT2D eigenvalue weighted by Crippen LogP contribution is -2.48. The van der Waals surface area contributed by atoms with Crippen LogP contribution in [0.3, 0.4) is 0 Å². The molecule has 1 N–H and O–H groups in total. The summed E-state index contributed by atoms with van der Waals surface area (Å²) in [5.41, 5.74) is 10.9. The first-order valence-corrected chi connectivity index (χ1v) is 19.5. The van der Waals surface area contributed by atoms with Crippen LogP contribution >= 0.6 is 0 Å². The molecule has 1 aliphatic carbocycles. The predicted octanol–water partition coefficient (Wildman–Crippen LogP) is 7.74. The van der Waals surface area contributed by atoms with E-state index in [-0.39, 0.29) is 29.0 Å². The number of benzene rings is 3. The smallest absolute Gasteiger partial charge is 0.336 e. The third-order valence-corrected chi connectivity index (χ3v) is 12.4. The van der Waals surface area contributed by atoms with Crippen LogP contribution in [0.25, 0.3) is 16.7 Å². The summed E-state index contributed by atoms with van der Waals surface area (Å²) in [7, 11) is 2.15. The Balaban J connectivity index is 1.32. The van der Waals surface area contributed by atoms with Crippen molar-refractivity contribution in [2.24, 2.45) is 0 Å². The van der Waals surface area contributed by atoms with E-state index in [0.29, 0.717) is 30.5 Å². The standard InChI is InChI=1S/C47H53N3O5/c1-28-26-45(4,5)48(10)39-24-37-35(22-33(28)39)43(31-16-13-14-17-32(31)44(53)54)36-23-34-29(2)27-46(6,7)49(40(34)25-38(36)47(37,8)9)21-15-11-12-18-42(52)55-50-30(3)19-20-41(50)51/h13-14,16-17,22-27H,3,11-12,15,18-21H2,1-2,4-10H3/p+1. The number of carbonyl (C=O) groups excluding carboxylic acids is 2. The van der Waals surface area contributed by atoms with Crippen molar-refractivity contribution < 1.29 is 24.3 Å². The van der Waals surface area contributed by atoms with Crippen molar-refractivity contribution in [3.05, 3.63) is 122 Å². The van der Waals surface area contributed by atoms with E-state index in [1.807, 2.05) is 12.1 Å². The summed E-state index contributed by atoms with van der Waals surface area (Å²) in [5, 5.41) is 13.8. The van der Waals surface area contributed by atoms with Gasteiger partial charge in [-0.15, -0.1) is 5.06 Å². The molecular formula is C47H54N3O5+. The molecule has 8 heteroatoms. The number of aromatic carboxylic acids is 1. The minimum atomic E-state index is -0.947. The van der Waals surface area contributed by atoms with Crippen LogP contribution in [0.2, 0.25) is 0 Å². The molecular weight excluding hydrogens is 687 g/mol. The van der Waals surface area contributed by atoms with Crippen LogP contribution in [0.1, 0.15) is 138 Å². The second kappa shape index (κ2) is 13.5. The van der Waals surface area contributed by atoms with E-state index in [4.69, 9.17) is 4.84 Å². The number of hydrogen-bond acceptors (Lipinski definition) is 5. The lowest BCUT2D eigenvalue weighted by Gasteiger charge is -2.45. The zero-order valence-electron chi connectivity index (χ0n) is 33.9. The van der Waals surface area contributed by atoms with Crippen LogP contribution in [-0.4, -0.2) is 52.7 Å². The topological polar surface area (TPSA) is 90.2 Å². The molecule has 1 fully saturated rings. The number of hydrogen-bond donors (Lipinski definition) is 1. The van der Waals surface area contributed by atoms with Gasteiger partial charge in [-0.1, -0.05) is 51.1 Å². The van der Waals surface area contributed by atoms with Crippen LogP contribution in [0.5, 0.6) is 0 Å². The molecule has 7 rings (SSSR count). The molecule has 3 aliphatic heterocycles. The molecule has 3 aromatic carbocycles. The fourth-order valence-corrected chi connectivity index (χ4v) is 9.25. The lowest BCUT2D eigenvalue weighted by molar-refractivity contribution is -0.186. The monoisotopic (exact) mass is 740 g/mol. The quantitative estimate of drug-likeness (QED) is 0.178. The van der Waals surface area contributed by atoms with Gasteiger partial charge in [-0.05, 0) is 121 Å². The Labute approximate surface area is 324 Å². The highest BCUT2D eigenvalue weighted by Crippen LogP contribution is 2.48. The highest BCUT2D eigenvalue weighted by Gasteiger charge is 2.40. The predicted molar refractivity (Wildman–Crippen MR) is 219 cm³/mol.